The first-order valence-corrected chi connectivity index (χ1v) is 10.5. The highest BCUT2D eigenvalue weighted by Gasteiger charge is 2.21. The number of methoxy groups -OCH3 is 1. The van der Waals surface area contributed by atoms with E-state index < -0.39 is 0 Å². The van der Waals surface area contributed by atoms with Crippen LogP contribution in [0.4, 0.5) is 0 Å². The molecule has 0 aliphatic carbocycles. The van der Waals surface area contributed by atoms with E-state index in [0.717, 1.165) is 24.4 Å². The molecule has 0 spiro atoms. The Morgan fingerprint density at radius 2 is 1.86 bits per heavy atom. The van der Waals surface area contributed by atoms with E-state index in [0.29, 0.717) is 13.1 Å². The summed E-state index contributed by atoms with van der Waals surface area (Å²) in [5, 5.41) is 4.40. The van der Waals surface area contributed by atoms with Gasteiger partial charge in [-0.25, -0.2) is 0 Å². The molecule has 0 unspecified atom stereocenters. The van der Waals surface area contributed by atoms with Crippen molar-refractivity contribution >= 4 is 16.8 Å². The fraction of sp³-hybridized carbons (Fsp3) is 0.375. The van der Waals surface area contributed by atoms with E-state index in [-0.39, 0.29) is 11.8 Å². The van der Waals surface area contributed by atoms with Crippen molar-refractivity contribution < 1.29 is 14.4 Å². The molecule has 1 saturated heterocycles. The van der Waals surface area contributed by atoms with Crippen molar-refractivity contribution in [2.24, 2.45) is 0 Å². The van der Waals surface area contributed by atoms with Gasteiger partial charge >= 0.3 is 0 Å². The number of rotatable bonds is 7. The number of aromatic amines is 1. The van der Waals surface area contributed by atoms with Gasteiger partial charge < -0.3 is 19.9 Å². The highest BCUT2D eigenvalue weighted by atomic mass is 16.5. The van der Waals surface area contributed by atoms with Gasteiger partial charge in [0.15, 0.2) is 6.54 Å². The summed E-state index contributed by atoms with van der Waals surface area (Å²) < 4.78 is 5.31. The minimum absolute atomic E-state index is 0.0809. The van der Waals surface area contributed by atoms with Gasteiger partial charge in [-0.15, -0.1) is 0 Å². The Kier molecular flexibility index (Phi) is 6.15. The summed E-state index contributed by atoms with van der Waals surface area (Å²) in [7, 11) is 1.68. The molecule has 4 rings (SSSR count). The first-order chi connectivity index (χ1) is 14.2. The van der Waals surface area contributed by atoms with Crippen molar-refractivity contribution in [3.63, 3.8) is 0 Å². The number of carbonyl (C=O) groups is 1. The standard InChI is InChI=1S/C24H29N3O2/c1-29-19-11-9-18(10-12-19)21(22-16-25-23-8-4-3-7-20(22)23)15-26-24(28)17-27-13-5-2-6-14-27/h3-4,7-12,16,21,25H,2,5-6,13-15,17H2,1H3,(H,26,28)/p+1/t21-/m1/s1. The number of fused-ring (bicyclic) bond motifs is 1. The number of ether oxygens (including phenoxy) is 1. The van der Waals surface area contributed by atoms with Crippen LogP contribution in [0.3, 0.4) is 0 Å². The number of para-hydroxylation sites is 1. The number of H-pyrrole nitrogens is 1. The van der Waals surface area contributed by atoms with Gasteiger partial charge in [-0.05, 0) is 48.6 Å². The SMILES string of the molecule is COc1ccc([C@@H](CNC(=O)C[NH+]2CCCCC2)c2c[nH]c3ccccc23)cc1. The summed E-state index contributed by atoms with van der Waals surface area (Å²) in [5.74, 6) is 1.06. The lowest BCUT2D eigenvalue weighted by Gasteiger charge is -2.24. The Labute approximate surface area is 172 Å². The van der Waals surface area contributed by atoms with Crippen molar-refractivity contribution in [1.82, 2.24) is 10.3 Å². The van der Waals surface area contributed by atoms with E-state index in [1.165, 1.54) is 40.7 Å². The number of nitrogens with one attached hydrogen (secondary N) is 3. The molecule has 2 heterocycles. The highest BCUT2D eigenvalue weighted by Crippen LogP contribution is 2.31. The molecule has 1 aliphatic rings. The summed E-state index contributed by atoms with van der Waals surface area (Å²) in [4.78, 5) is 17.4. The molecule has 1 amide bonds. The van der Waals surface area contributed by atoms with Gasteiger partial charge in [0.2, 0.25) is 0 Å². The monoisotopic (exact) mass is 392 g/mol. The number of likely N-dealkylation sites (tertiary alicyclic amines) is 1. The second kappa shape index (κ2) is 9.14. The summed E-state index contributed by atoms with van der Waals surface area (Å²) >= 11 is 0. The molecule has 3 N–H and O–H groups in total. The van der Waals surface area contributed by atoms with Gasteiger partial charge in [0.25, 0.3) is 5.91 Å². The number of hydrogen-bond acceptors (Lipinski definition) is 2. The summed E-state index contributed by atoms with van der Waals surface area (Å²) in [5.41, 5.74) is 3.49. The van der Waals surface area contributed by atoms with Crippen LogP contribution >= 0.6 is 0 Å². The van der Waals surface area contributed by atoms with Crippen LogP contribution in [0.25, 0.3) is 10.9 Å². The average Bonchev–Trinajstić information content (AvgIpc) is 3.19. The lowest BCUT2D eigenvalue weighted by atomic mass is 9.90. The van der Waals surface area contributed by atoms with Crippen molar-refractivity contribution in [3.05, 3.63) is 65.9 Å². The highest BCUT2D eigenvalue weighted by molar-refractivity contribution is 5.84. The summed E-state index contributed by atoms with van der Waals surface area (Å²) in [6.07, 6.45) is 5.83. The van der Waals surface area contributed by atoms with E-state index in [2.05, 4.69) is 46.8 Å². The van der Waals surface area contributed by atoms with Crippen LogP contribution in [-0.4, -0.2) is 44.2 Å². The molecular weight excluding hydrogens is 362 g/mol. The first-order valence-electron chi connectivity index (χ1n) is 10.5. The maximum absolute atomic E-state index is 12.6. The van der Waals surface area contributed by atoms with E-state index in [1.807, 2.05) is 18.2 Å². The van der Waals surface area contributed by atoms with Crippen LogP contribution < -0.4 is 15.0 Å². The van der Waals surface area contributed by atoms with Crippen molar-refractivity contribution in [1.29, 1.82) is 0 Å². The molecule has 5 nitrogen and oxygen atoms in total. The molecule has 0 bridgehead atoms. The topological polar surface area (TPSA) is 58.6 Å². The van der Waals surface area contributed by atoms with E-state index in [4.69, 9.17) is 4.74 Å². The van der Waals surface area contributed by atoms with Crippen LogP contribution in [-0.2, 0) is 4.79 Å². The zero-order valence-corrected chi connectivity index (χ0v) is 17.0. The summed E-state index contributed by atoms with van der Waals surface area (Å²) in [6.45, 7) is 3.37. The van der Waals surface area contributed by atoms with E-state index in [9.17, 15) is 4.79 Å². The van der Waals surface area contributed by atoms with E-state index in [1.54, 1.807) is 7.11 Å². The maximum atomic E-state index is 12.6. The molecule has 5 heteroatoms. The maximum Gasteiger partial charge on any atom is 0.275 e. The van der Waals surface area contributed by atoms with Gasteiger partial charge in [-0.1, -0.05) is 30.3 Å². The first kappa shape index (κ1) is 19.5. The van der Waals surface area contributed by atoms with Crippen molar-refractivity contribution in [3.8, 4) is 5.75 Å². The Morgan fingerprint density at radius 3 is 2.62 bits per heavy atom. The summed E-state index contributed by atoms with van der Waals surface area (Å²) in [6, 6.07) is 16.5. The van der Waals surface area contributed by atoms with Gasteiger partial charge in [-0.2, -0.15) is 0 Å². The normalized spacial score (nSPS) is 15.9. The Morgan fingerprint density at radius 1 is 1.10 bits per heavy atom. The predicted octanol–water partition coefficient (Wildman–Crippen LogP) is 2.49. The number of benzene rings is 2. The lowest BCUT2D eigenvalue weighted by Crippen LogP contribution is -3.13. The number of hydrogen-bond donors (Lipinski definition) is 3. The fourth-order valence-corrected chi connectivity index (χ4v) is 4.36. The fourth-order valence-electron chi connectivity index (χ4n) is 4.36. The van der Waals surface area contributed by atoms with Crippen LogP contribution in [0.5, 0.6) is 5.75 Å². The molecule has 1 fully saturated rings. The third kappa shape index (κ3) is 4.62. The Bertz CT molecular complexity index is 942. The predicted molar refractivity (Wildman–Crippen MR) is 116 cm³/mol. The Hall–Kier alpha value is -2.79. The van der Waals surface area contributed by atoms with Gasteiger partial charge in [-0.3, -0.25) is 4.79 Å². The molecule has 0 radical (unpaired) electrons. The molecule has 1 aromatic heterocycles. The number of amides is 1. The number of quaternary nitrogens is 1. The third-order valence-corrected chi connectivity index (χ3v) is 5.99. The molecule has 152 valence electrons. The number of carbonyl (C=O) groups excluding carboxylic acids is 1. The average molecular weight is 393 g/mol. The molecule has 1 atom stereocenters. The van der Waals surface area contributed by atoms with Gasteiger partial charge in [0, 0.05) is 29.6 Å². The minimum Gasteiger partial charge on any atom is -0.497 e. The third-order valence-electron chi connectivity index (χ3n) is 5.99. The van der Waals surface area contributed by atoms with E-state index >= 15 is 0 Å². The van der Waals surface area contributed by atoms with Crippen LogP contribution in [0.1, 0.15) is 36.3 Å². The van der Waals surface area contributed by atoms with Crippen LogP contribution in [0.15, 0.2) is 54.7 Å². The zero-order valence-electron chi connectivity index (χ0n) is 17.0. The van der Waals surface area contributed by atoms with Crippen LogP contribution in [0, 0.1) is 0 Å². The lowest BCUT2D eigenvalue weighted by molar-refractivity contribution is -0.896. The number of piperidine rings is 1. The largest absolute Gasteiger partial charge is 0.497 e. The minimum atomic E-state index is 0.0809. The van der Waals surface area contributed by atoms with Gasteiger partial charge in [0.1, 0.15) is 5.75 Å². The molecule has 29 heavy (non-hydrogen) atoms. The molecule has 0 saturated carbocycles. The van der Waals surface area contributed by atoms with Gasteiger partial charge in [0.05, 0.1) is 20.2 Å². The number of aromatic nitrogens is 1. The second-order valence-corrected chi connectivity index (χ2v) is 7.91. The Balaban J connectivity index is 1.54. The molecule has 3 aromatic rings. The molecule has 2 aromatic carbocycles. The van der Waals surface area contributed by atoms with Crippen LogP contribution in [0.2, 0.25) is 0 Å². The zero-order chi connectivity index (χ0) is 20.1. The smallest absolute Gasteiger partial charge is 0.275 e. The molecular formula is C24H30N3O2+. The van der Waals surface area contributed by atoms with Crippen molar-refractivity contribution in [2.45, 2.75) is 25.2 Å². The molecule has 1 aliphatic heterocycles. The van der Waals surface area contributed by atoms with Crippen molar-refractivity contribution in [2.75, 3.05) is 33.3 Å². The second-order valence-electron chi connectivity index (χ2n) is 7.91. The quantitative estimate of drug-likeness (QED) is 0.579.